The molecule has 0 unspecified atom stereocenters. The summed E-state index contributed by atoms with van der Waals surface area (Å²) >= 11 is 0. The second-order valence-corrected chi connectivity index (χ2v) is 6.04. The summed E-state index contributed by atoms with van der Waals surface area (Å²) in [7, 11) is 0. The molecule has 0 aromatic heterocycles. The minimum Gasteiger partial charge on any atom is -0.486 e. The van der Waals surface area contributed by atoms with Crippen molar-refractivity contribution in [1.29, 1.82) is 0 Å². The minimum atomic E-state index is -0.782. The van der Waals surface area contributed by atoms with E-state index in [4.69, 9.17) is 14.6 Å². The van der Waals surface area contributed by atoms with Gasteiger partial charge in [-0.05, 0) is 34.4 Å². The van der Waals surface area contributed by atoms with Gasteiger partial charge in [0, 0.05) is 12.0 Å². The molecule has 126 valence electrons. The Bertz CT molecular complexity index is 946. The number of hydrogen-bond donors (Lipinski definition) is 1. The van der Waals surface area contributed by atoms with Crippen LogP contribution in [0.3, 0.4) is 0 Å². The van der Waals surface area contributed by atoms with Crippen molar-refractivity contribution >= 4 is 16.7 Å². The van der Waals surface area contributed by atoms with E-state index in [1.54, 1.807) is 0 Å². The van der Waals surface area contributed by atoms with E-state index in [2.05, 4.69) is 12.1 Å². The molecule has 4 heteroatoms. The number of fused-ring (bicyclic) bond motifs is 2. The fraction of sp³-hybridized carbons (Fsp3) is 0.190. The van der Waals surface area contributed by atoms with Gasteiger partial charge in [-0.1, -0.05) is 48.5 Å². The van der Waals surface area contributed by atoms with E-state index in [1.165, 1.54) is 0 Å². The second-order valence-electron chi connectivity index (χ2n) is 6.04. The van der Waals surface area contributed by atoms with E-state index in [0.717, 1.165) is 39.0 Å². The number of aryl methyl sites for hydroxylation is 1. The summed E-state index contributed by atoms with van der Waals surface area (Å²) in [5, 5.41) is 11.2. The van der Waals surface area contributed by atoms with Gasteiger partial charge in [0.1, 0.15) is 13.2 Å². The number of carboxylic acids is 1. The molecule has 1 N–H and O–H groups in total. The standard InChI is InChI=1S/C21H18O4/c22-20(23)11-10-14-4-1-6-16-15(14)5-2-7-17(16)18-8-3-9-19-21(18)25-13-12-24-19/h1-9H,10-13H2,(H,22,23). The minimum absolute atomic E-state index is 0.126. The van der Waals surface area contributed by atoms with E-state index in [1.807, 2.05) is 42.5 Å². The maximum atomic E-state index is 10.9. The third-order valence-corrected chi connectivity index (χ3v) is 4.48. The van der Waals surface area contributed by atoms with Crippen molar-refractivity contribution in [2.75, 3.05) is 13.2 Å². The Kier molecular flexibility index (Phi) is 4.02. The molecule has 0 fully saturated rings. The molecule has 1 heterocycles. The highest BCUT2D eigenvalue weighted by molar-refractivity contribution is 6.00. The lowest BCUT2D eigenvalue weighted by Gasteiger charge is -2.21. The van der Waals surface area contributed by atoms with Crippen molar-refractivity contribution in [2.24, 2.45) is 0 Å². The van der Waals surface area contributed by atoms with Crippen LogP contribution >= 0.6 is 0 Å². The number of hydrogen-bond acceptors (Lipinski definition) is 3. The van der Waals surface area contributed by atoms with Gasteiger partial charge in [-0.25, -0.2) is 0 Å². The van der Waals surface area contributed by atoms with Crippen LogP contribution < -0.4 is 9.47 Å². The third kappa shape index (κ3) is 2.91. The normalized spacial score (nSPS) is 13.0. The molecule has 4 rings (SSSR count). The number of aliphatic carboxylic acids is 1. The van der Waals surface area contributed by atoms with Crippen molar-refractivity contribution in [3.63, 3.8) is 0 Å². The maximum absolute atomic E-state index is 10.9. The number of ether oxygens (including phenoxy) is 2. The summed E-state index contributed by atoms with van der Waals surface area (Å²) < 4.78 is 11.6. The molecular formula is C21H18O4. The highest BCUT2D eigenvalue weighted by Crippen LogP contribution is 2.42. The van der Waals surface area contributed by atoms with E-state index in [-0.39, 0.29) is 6.42 Å². The fourth-order valence-electron chi connectivity index (χ4n) is 3.36. The van der Waals surface area contributed by atoms with Crippen molar-refractivity contribution in [2.45, 2.75) is 12.8 Å². The van der Waals surface area contributed by atoms with Gasteiger partial charge in [0.25, 0.3) is 0 Å². The summed E-state index contributed by atoms with van der Waals surface area (Å²) in [6.45, 7) is 1.10. The van der Waals surface area contributed by atoms with Crippen molar-refractivity contribution in [3.05, 3.63) is 60.2 Å². The lowest BCUT2D eigenvalue weighted by Crippen LogP contribution is -2.15. The first kappa shape index (κ1) is 15.5. The van der Waals surface area contributed by atoms with Crippen molar-refractivity contribution in [1.82, 2.24) is 0 Å². The molecule has 0 bridgehead atoms. The molecular weight excluding hydrogens is 316 g/mol. The summed E-state index contributed by atoms with van der Waals surface area (Å²) in [5.74, 6) is 0.760. The van der Waals surface area contributed by atoms with Gasteiger partial charge in [0.15, 0.2) is 11.5 Å². The van der Waals surface area contributed by atoms with E-state index >= 15 is 0 Å². The Morgan fingerprint density at radius 1 is 0.880 bits per heavy atom. The number of carbonyl (C=O) groups is 1. The molecule has 1 aliphatic rings. The van der Waals surface area contributed by atoms with E-state index in [0.29, 0.717) is 19.6 Å². The van der Waals surface area contributed by atoms with Crippen LogP contribution in [0.2, 0.25) is 0 Å². The topological polar surface area (TPSA) is 55.8 Å². The molecule has 0 radical (unpaired) electrons. The molecule has 3 aromatic carbocycles. The molecule has 0 saturated heterocycles. The molecule has 0 spiro atoms. The van der Waals surface area contributed by atoms with Crippen LogP contribution in [0, 0.1) is 0 Å². The van der Waals surface area contributed by atoms with Crippen LogP contribution in [-0.4, -0.2) is 24.3 Å². The van der Waals surface area contributed by atoms with Crippen LogP contribution in [0.5, 0.6) is 11.5 Å². The average molecular weight is 334 g/mol. The Labute approximate surface area is 145 Å². The van der Waals surface area contributed by atoms with Crippen LogP contribution in [0.4, 0.5) is 0 Å². The zero-order chi connectivity index (χ0) is 17.2. The molecule has 3 aromatic rings. The fourth-order valence-corrected chi connectivity index (χ4v) is 3.36. The SMILES string of the molecule is O=C(O)CCc1cccc2c(-c3cccc4c3OCCO4)cccc12. The van der Waals surface area contributed by atoms with Crippen LogP contribution in [-0.2, 0) is 11.2 Å². The zero-order valence-corrected chi connectivity index (χ0v) is 13.7. The van der Waals surface area contributed by atoms with Gasteiger partial charge in [0.05, 0.1) is 0 Å². The number of para-hydroxylation sites is 1. The third-order valence-electron chi connectivity index (χ3n) is 4.48. The summed E-state index contributed by atoms with van der Waals surface area (Å²) in [4.78, 5) is 10.9. The van der Waals surface area contributed by atoms with Gasteiger partial charge >= 0.3 is 5.97 Å². The van der Waals surface area contributed by atoms with Crippen LogP contribution in [0.15, 0.2) is 54.6 Å². The van der Waals surface area contributed by atoms with Crippen molar-refractivity contribution in [3.8, 4) is 22.6 Å². The first-order valence-electron chi connectivity index (χ1n) is 8.35. The van der Waals surface area contributed by atoms with Crippen LogP contribution in [0.25, 0.3) is 21.9 Å². The predicted molar refractivity (Wildman–Crippen MR) is 96.3 cm³/mol. The number of carboxylic acid groups (broad SMARTS) is 1. The zero-order valence-electron chi connectivity index (χ0n) is 13.7. The van der Waals surface area contributed by atoms with E-state index in [9.17, 15) is 4.79 Å². The molecule has 25 heavy (non-hydrogen) atoms. The summed E-state index contributed by atoms with van der Waals surface area (Å²) in [5.41, 5.74) is 3.11. The first-order chi connectivity index (χ1) is 12.2. The van der Waals surface area contributed by atoms with Gasteiger partial charge in [0.2, 0.25) is 0 Å². The molecule has 0 saturated carbocycles. The Balaban J connectivity index is 1.86. The second kappa shape index (κ2) is 6.48. The lowest BCUT2D eigenvalue weighted by molar-refractivity contribution is -0.136. The van der Waals surface area contributed by atoms with E-state index < -0.39 is 5.97 Å². The highest BCUT2D eigenvalue weighted by Gasteiger charge is 2.18. The first-order valence-corrected chi connectivity index (χ1v) is 8.35. The molecule has 0 amide bonds. The highest BCUT2D eigenvalue weighted by atomic mass is 16.6. The van der Waals surface area contributed by atoms with Gasteiger partial charge in [-0.2, -0.15) is 0 Å². The lowest BCUT2D eigenvalue weighted by atomic mass is 9.93. The van der Waals surface area contributed by atoms with Gasteiger partial charge in [-0.15, -0.1) is 0 Å². The Morgan fingerprint density at radius 2 is 1.60 bits per heavy atom. The monoisotopic (exact) mass is 334 g/mol. The van der Waals surface area contributed by atoms with Crippen LogP contribution in [0.1, 0.15) is 12.0 Å². The molecule has 0 aliphatic carbocycles. The van der Waals surface area contributed by atoms with Gasteiger partial charge in [-0.3, -0.25) is 4.79 Å². The quantitative estimate of drug-likeness (QED) is 0.773. The molecule has 4 nitrogen and oxygen atoms in total. The van der Waals surface area contributed by atoms with Gasteiger partial charge < -0.3 is 14.6 Å². The predicted octanol–water partition coefficient (Wildman–Crippen LogP) is 4.30. The molecule has 0 atom stereocenters. The summed E-state index contributed by atoms with van der Waals surface area (Å²) in [6.07, 6.45) is 0.643. The number of benzene rings is 3. The largest absolute Gasteiger partial charge is 0.486 e. The summed E-state index contributed by atoms with van der Waals surface area (Å²) in [6, 6.07) is 18.1. The Morgan fingerprint density at radius 3 is 2.48 bits per heavy atom. The number of rotatable bonds is 4. The maximum Gasteiger partial charge on any atom is 0.303 e. The average Bonchev–Trinajstić information content (AvgIpc) is 2.65. The smallest absolute Gasteiger partial charge is 0.303 e. The Hall–Kier alpha value is -3.01. The molecule has 1 aliphatic heterocycles. The van der Waals surface area contributed by atoms with Crippen molar-refractivity contribution < 1.29 is 19.4 Å².